The molecule has 6 heteroatoms. The second-order valence-electron chi connectivity index (χ2n) is 7.45. The first-order chi connectivity index (χ1) is 13.5. The quantitative estimate of drug-likeness (QED) is 0.740. The molecule has 5 nitrogen and oxygen atoms in total. The van der Waals surface area contributed by atoms with Gasteiger partial charge in [0.2, 0.25) is 0 Å². The van der Waals surface area contributed by atoms with Crippen molar-refractivity contribution in [3.63, 3.8) is 0 Å². The van der Waals surface area contributed by atoms with Crippen molar-refractivity contribution in [3.8, 4) is 11.5 Å². The van der Waals surface area contributed by atoms with Gasteiger partial charge in [-0.2, -0.15) is 0 Å². The SMILES string of the molecule is COc1ccccc1N1CC[NH+](C[C@H](O)COc2cc(C)c(Cl)c(C)c2)CC1. The van der Waals surface area contributed by atoms with E-state index in [1.54, 1.807) is 7.11 Å². The van der Waals surface area contributed by atoms with Crippen molar-refractivity contribution in [3.05, 3.63) is 52.5 Å². The van der Waals surface area contributed by atoms with Gasteiger partial charge in [-0.1, -0.05) is 23.7 Å². The number of nitrogens with one attached hydrogen (secondary N) is 1. The van der Waals surface area contributed by atoms with E-state index < -0.39 is 6.10 Å². The zero-order valence-corrected chi connectivity index (χ0v) is 17.6. The molecule has 2 N–H and O–H groups in total. The molecule has 0 aliphatic carbocycles. The minimum Gasteiger partial charge on any atom is -0.495 e. The first kappa shape index (κ1) is 20.8. The summed E-state index contributed by atoms with van der Waals surface area (Å²) in [4.78, 5) is 3.75. The number of nitrogens with zero attached hydrogens (tertiary/aromatic N) is 1. The first-order valence-electron chi connectivity index (χ1n) is 9.77. The predicted octanol–water partition coefficient (Wildman–Crippen LogP) is 2.11. The van der Waals surface area contributed by atoms with Gasteiger partial charge in [0.05, 0.1) is 39.0 Å². The van der Waals surface area contributed by atoms with Crippen LogP contribution in [0.4, 0.5) is 5.69 Å². The van der Waals surface area contributed by atoms with Crippen LogP contribution in [0, 0.1) is 13.8 Å². The standard InChI is InChI=1S/C22H29ClN2O3/c1-16-12-19(13-17(2)22(16)23)28-15-18(26)14-24-8-10-25(11-9-24)20-6-4-5-7-21(20)27-3/h4-7,12-13,18,26H,8-11,14-15H2,1-3H3/p+1/t18-/m0/s1. The highest BCUT2D eigenvalue weighted by atomic mass is 35.5. The fourth-order valence-corrected chi connectivity index (χ4v) is 3.84. The molecule has 3 rings (SSSR count). The number of halogens is 1. The van der Waals surface area contributed by atoms with Crippen molar-refractivity contribution < 1.29 is 19.5 Å². The van der Waals surface area contributed by atoms with E-state index in [0.717, 1.165) is 59.5 Å². The lowest BCUT2D eigenvalue weighted by Gasteiger charge is -2.35. The molecule has 0 unspecified atom stereocenters. The molecule has 0 saturated carbocycles. The maximum atomic E-state index is 10.4. The molecule has 0 radical (unpaired) electrons. The monoisotopic (exact) mass is 405 g/mol. The molecule has 0 spiro atoms. The summed E-state index contributed by atoms with van der Waals surface area (Å²) < 4.78 is 11.3. The molecule has 1 saturated heterocycles. The number of rotatable bonds is 7. The Hall–Kier alpha value is -1.95. The number of piperazine rings is 1. The van der Waals surface area contributed by atoms with Gasteiger partial charge in [-0.25, -0.2) is 0 Å². The number of aliphatic hydroxyl groups is 1. The van der Waals surface area contributed by atoms with Gasteiger partial charge in [-0.3, -0.25) is 0 Å². The lowest BCUT2D eigenvalue weighted by atomic mass is 10.1. The first-order valence-corrected chi connectivity index (χ1v) is 10.1. The van der Waals surface area contributed by atoms with E-state index in [1.165, 1.54) is 4.90 Å². The van der Waals surface area contributed by atoms with E-state index in [9.17, 15) is 5.11 Å². The van der Waals surface area contributed by atoms with Crippen LogP contribution in [0.25, 0.3) is 0 Å². The van der Waals surface area contributed by atoms with Gasteiger partial charge in [0.25, 0.3) is 0 Å². The molecule has 0 amide bonds. The fourth-order valence-electron chi connectivity index (χ4n) is 3.73. The Labute approximate surface area is 172 Å². The van der Waals surface area contributed by atoms with E-state index in [-0.39, 0.29) is 0 Å². The molecule has 28 heavy (non-hydrogen) atoms. The maximum absolute atomic E-state index is 10.4. The Morgan fingerprint density at radius 3 is 2.43 bits per heavy atom. The molecule has 0 bridgehead atoms. The normalized spacial score (nSPS) is 16.1. The Morgan fingerprint density at radius 1 is 1.14 bits per heavy atom. The number of methoxy groups -OCH3 is 1. The number of benzene rings is 2. The Bertz CT molecular complexity index is 768. The predicted molar refractivity (Wildman–Crippen MR) is 113 cm³/mol. The number of para-hydroxylation sites is 2. The Kier molecular flexibility index (Phi) is 7.05. The van der Waals surface area contributed by atoms with Crippen molar-refractivity contribution in [1.29, 1.82) is 0 Å². The van der Waals surface area contributed by atoms with Gasteiger partial charge in [0.15, 0.2) is 0 Å². The van der Waals surface area contributed by atoms with E-state index in [1.807, 2.05) is 44.2 Å². The van der Waals surface area contributed by atoms with Gasteiger partial charge in [-0.15, -0.1) is 0 Å². The maximum Gasteiger partial charge on any atom is 0.142 e. The van der Waals surface area contributed by atoms with Gasteiger partial charge < -0.3 is 24.4 Å². The van der Waals surface area contributed by atoms with Gasteiger partial charge >= 0.3 is 0 Å². The number of hydrogen-bond acceptors (Lipinski definition) is 4. The molecule has 1 heterocycles. The lowest BCUT2D eigenvalue weighted by molar-refractivity contribution is -0.903. The average molecular weight is 406 g/mol. The van der Waals surface area contributed by atoms with E-state index in [2.05, 4.69) is 11.0 Å². The van der Waals surface area contributed by atoms with Crippen molar-refractivity contribution in [1.82, 2.24) is 0 Å². The van der Waals surface area contributed by atoms with Crippen LogP contribution in [0.1, 0.15) is 11.1 Å². The zero-order valence-electron chi connectivity index (χ0n) is 16.9. The largest absolute Gasteiger partial charge is 0.495 e. The average Bonchev–Trinajstić information content (AvgIpc) is 2.71. The number of ether oxygens (including phenoxy) is 2. The third-order valence-electron chi connectivity index (χ3n) is 5.27. The summed E-state index contributed by atoms with van der Waals surface area (Å²) in [5, 5.41) is 11.2. The van der Waals surface area contributed by atoms with Crippen LogP contribution in [-0.4, -0.2) is 57.7 Å². The molecule has 1 atom stereocenters. The minimum absolute atomic E-state index is 0.292. The number of aliphatic hydroxyl groups excluding tert-OH is 1. The summed E-state index contributed by atoms with van der Waals surface area (Å²) in [6.07, 6.45) is -0.496. The minimum atomic E-state index is -0.496. The zero-order chi connectivity index (χ0) is 20.1. The van der Waals surface area contributed by atoms with E-state index >= 15 is 0 Å². The molecule has 2 aromatic rings. The number of hydrogen-bond donors (Lipinski definition) is 2. The smallest absolute Gasteiger partial charge is 0.142 e. The van der Waals surface area contributed by atoms with Crippen LogP contribution in [-0.2, 0) is 0 Å². The van der Waals surface area contributed by atoms with Crippen LogP contribution in [0.3, 0.4) is 0 Å². The Morgan fingerprint density at radius 2 is 1.79 bits per heavy atom. The highest BCUT2D eigenvalue weighted by Crippen LogP contribution is 2.27. The topological polar surface area (TPSA) is 46.4 Å². The molecule has 1 fully saturated rings. The van der Waals surface area contributed by atoms with Crippen molar-refractivity contribution in [2.45, 2.75) is 20.0 Å². The second-order valence-corrected chi connectivity index (χ2v) is 7.83. The van der Waals surface area contributed by atoms with Crippen molar-refractivity contribution in [2.75, 3.05) is 51.3 Å². The molecular formula is C22H30ClN2O3+. The van der Waals surface area contributed by atoms with Crippen LogP contribution < -0.4 is 19.3 Å². The number of aryl methyl sites for hydroxylation is 2. The van der Waals surface area contributed by atoms with Crippen LogP contribution in [0.15, 0.2) is 36.4 Å². The van der Waals surface area contributed by atoms with Crippen LogP contribution in [0.5, 0.6) is 11.5 Å². The second kappa shape index (κ2) is 9.50. The van der Waals surface area contributed by atoms with Crippen molar-refractivity contribution in [2.24, 2.45) is 0 Å². The molecule has 2 aromatic carbocycles. The van der Waals surface area contributed by atoms with Crippen LogP contribution in [0.2, 0.25) is 5.02 Å². The summed E-state index contributed by atoms with van der Waals surface area (Å²) in [6, 6.07) is 12.0. The highest BCUT2D eigenvalue weighted by Gasteiger charge is 2.24. The van der Waals surface area contributed by atoms with Gasteiger partial charge in [-0.05, 0) is 49.2 Å². The summed E-state index contributed by atoms with van der Waals surface area (Å²) in [6.45, 7) is 8.75. The third kappa shape index (κ3) is 5.10. The number of quaternary nitrogens is 1. The summed E-state index contributed by atoms with van der Waals surface area (Å²) in [5.41, 5.74) is 3.12. The summed E-state index contributed by atoms with van der Waals surface area (Å²) >= 11 is 6.20. The molecule has 1 aliphatic rings. The molecule has 152 valence electrons. The molecular weight excluding hydrogens is 376 g/mol. The van der Waals surface area contributed by atoms with Gasteiger partial charge in [0.1, 0.15) is 30.8 Å². The molecule has 0 aromatic heterocycles. The summed E-state index contributed by atoms with van der Waals surface area (Å²) in [7, 11) is 1.71. The number of anilines is 1. The Balaban J connectivity index is 1.47. The van der Waals surface area contributed by atoms with E-state index in [4.69, 9.17) is 21.1 Å². The fraction of sp³-hybridized carbons (Fsp3) is 0.455. The van der Waals surface area contributed by atoms with E-state index in [0.29, 0.717) is 13.2 Å². The van der Waals surface area contributed by atoms with Crippen molar-refractivity contribution >= 4 is 17.3 Å². The molecule has 1 aliphatic heterocycles. The summed E-state index contributed by atoms with van der Waals surface area (Å²) in [5.74, 6) is 1.67. The lowest BCUT2D eigenvalue weighted by Crippen LogP contribution is -3.16. The highest BCUT2D eigenvalue weighted by molar-refractivity contribution is 6.32. The van der Waals surface area contributed by atoms with Gasteiger partial charge in [0, 0.05) is 5.02 Å². The van der Waals surface area contributed by atoms with Crippen LogP contribution >= 0.6 is 11.6 Å². The third-order valence-corrected chi connectivity index (χ3v) is 5.87.